The molecule has 0 amide bonds. The van der Waals surface area contributed by atoms with Gasteiger partial charge in [-0.15, -0.1) is 0 Å². The van der Waals surface area contributed by atoms with Gasteiger partial charge in [-0.25, -0.2) is 4.98 Å². The number of nitrogens with zero attached hydrogens (tertiary/aromatic N) is 3. The minimum atomic E-state index is 0.344. The topological polar surface area (TPSA) is 60.5 Å². The Morgan fingerprint density at radius 2 is 2.35 bits per heavy atom. The molecular weight excluding hydrogens is 230 g/mol. The molecule has 0 saturated heterocycles. The maximum absolute atomic E-state index is 9.10. The fraction of sp³-hybridized carbons (Fsp3) is 0.462. The molecule has 86 valence electrons. The molecule has 0 radical (unpaired) electrons. The minimum absolute atomic E-state index is 0.344. The standard InChI is InChI=1S/C13H13N3S/c1-9-2-3-12-10(6-9)7-11(8-15)13(16-12)17-5-4-14/h7,9H,2-3,5-6H2,1H3. The van der Waals surface area contributed by atoms with Gasteiger partial charge in [-0.2, -0.15) is 10.5 Å². The lowest BCUT2D eigenvalue weighted by molar-refractivity contribution is 0.491. The van der Waals surface area contributed by atoms with Crippen molar-refractivity contribution < 1.29 is 0 Å². The maximum atomic E-state index is 9.10. The number of nitriles is 2. The highest BCUT2D eigenvalue weighted by molar-refractivity contribution is 7.99. The highest BCUT2D eigenvalue weighted by atomic mass is 32.2. The van der Waals surface area contributed by atoms with E-state index in [0.29, 0.717) is 22.3 Å². The first-order valence-corrected chi connectivity index (χ1v) is 6.65. The zero-order chi connectivity index (χ0) is 12.3. The van der Waals surface area contributed by atoms with Crippen LogP contribution in [0.2, 0.25) is 0 Å². The van der Waals surface area contributed by atoms with Crippen LogP contribution in [-0.4, -0.2) is 10.7 Å². The van der Waals surface area contributed by atoms with Crippen molar-refractivity contribution in [2.45, 2.75) is 31.2 Å². The molecule has 1 aliphatic carbocycles. The first-order valence-electron chi connectivity index (χ1n) is 5.67. The lowest BCUT2D eigenvalue weighted by Gasteiger charge is -2.21. The number of aryl methyl sites for hydroxylation is 1. The van der Waals surface area contributed by atoms with E-state index in [4.69, 9.17) is 10.5 Å². The number of pyridine rings is 1. The van der Waals surface area contributed by atoms with Crippen molar-refractivity contribution >= 4 is 11.8 Å². The molecule has 3 nitrogen and oxygen atoms in total. The Bertz CT molecular complexity index is 511. The highest BCUT2D eigenvalue weighted by Crippen LogP contribution is 2.29. The zero-order valence-corrected chi connectivity index (χ0v) is 10.5. The number of rotatable bonds is 2. The molecular formula is C13H13N3S. The van der Waals surface area contributed by atoms with Crippen LogP contribution in [0.3, 0.4) is 0 Å². The molecule has 4 heteroatoms. The Hall–Kier alpha value is -1.52. The van der Waals surface area contributed by atoms with Gasteiger partial charge in [0.25, 0.3) is 0 Å². The number of thioether (sulfide) groups is 1. The Kier molecular flexibility index (Phi) is 3.66. The predicted molar refractivity (Wildman–Crippen MR) is 66.5 cm³/mol. The van der Waals surface area contributed by atoms with E-state index in [1.54, 1.807) is 0 Å². The summed E-state index contributed by atoms with van der Waals surface area (Å²) in [6, 6.07) is 6.20. The molecule has 2 rings (SSSR count). The van der Waals surface area contributed by atoms with E-state index in [1.807, 2.05) is 6.07 Å². The van der Waals surface area contributed by atoms with Crippen LogP contribution in [-0.2, 0) is 12.8 Å². The van der Waals surface area contributed by atoms with Gasteiger partial charge in [-0.3, -0.25) is 0 Å². The number of hydrogen-bond acceptors (Lipinski definition) is 4. The van der Waals surface area contributed by atoms with Gasteiger partial charge in [0.1, 0.15) is 11.1 Å². The zero-order valence-electron chi connectivity index (χ0n) is 9.73. The second kappa shape index (κ2) is 5.21. The molecule has 0 fully saturated rings. The van der Waals surface area contributed by atoms with E-state index < -0.39 is 0 Å². The van der Waals surface area contributed by atoms with Crippen molar-refractivity contribution in [1.29, 1.82) is 10.5 Å². The quantitative estimate of drug-likeness (QED) is 0.749. The van der Waals surface area contributed by atoms with Crippen LogP contribution < -0.4 is 0 Å². The molecule has 17 heavy (non-hydrogen) atoms. The fourth-order valence-corrected chi connectivity index (χ4v) is 2.75. The van der Waals surface area contributed by atoms with Gasteiger partial charge in [0.05, 0.1) is 17.4 Å². The summed E-state index contributed by atoms with van der Waals surface area (Å²) in [6.45, 7) is 2.23. The molecule has 0 aliphatic heterocycles. The monoisotopic (exact) mass is 243 g/mol. The molecule has 1 unspecified atom stereocenters. The third-order valence-corrected chi connectivity index (χ3v) is 3.85. The molecule has 0 spiro atoms. The molecule has 1 aromatic rings. The Morgan fingerprint density at radius 3 is 3.06 bits per heavy atom. The third kappa shape index (κ3) is 2.60. The molecule has 0 aromatic carbocycles. The number of aromatic nitrogens is 1. The average molecular weight is 243 g/mol. The van der Waals surface area contributed by atoms with Gasteiger partial charge in [0.15, 0.2) is 0 Å². The van der Waals surface area contributed by atoms with Crippen LogP contribution in [0.25, 0.3) is 0 Å². The largest absolute Gasteiger partial charge is 0.245 e. The summed E-state index contributed by atoms with van der Waals surface area (Å²) < 4.78 is 0. The summed E-state index contributed by atoms with van der Waals surface area (Å²) in [4.78, 5) is 4.55. The summed E-state index contributed by atoms with van der Waals surface area (Å²) in [5.41, 5.74) is 2.93. The maximum Gasteiger partial charge on any atom is 0.115 e. The second-order valence-electron chi connectivity index (χ2n) is 4.35. The molecule has 0 saturated carbocycles. The van der Waals surface area contributed by atoms with Crippen molar-refractivity contribution in [3.8, 4) is 12.1 Å². The number of hydrogen-bond donors (Lipinski definition) is 0. The fourth-order valence-electron chi connectivity index (χ4n) is 2.12. The van der Waals surface area contributed by atoms with E-state index in [1.165, 1.54) is 17.3 Å². The minimum Gasteiger partial charge on any atom is -0.245 e. The SMILES string of the molecule is CC1CCc2nc(SCC#N)c(C#N)cc2C1. The summed E-state index contributed by atoms with van der Waals surface area (Å²) >= 11 is 1.35. The van der Waals surface area contributed by atoms with Crippen LogP contribution >= 0.6 is 11.8 Å². The summed E-state index contributed by atoms with van der Waals surface area (Å²) in [5, 5.41) is 18.4. The second-order valence-corrected chi connectivity index (χ2v) is 5.32. The molecule has 1 atom stereocenters. The van der Waals surface area contributed by atoms with E-state index in [9.17, 15) is 0 Å². The first kappa shape index (κ1) is 12.0. The van der Waals surface area contributed by atoms with Crippen molar-refractivity contribution in [3.05, 3.63) is 22.9 Å². The van der Waals surface area contributed by atoms with Crippen LogP contribution in [0.5, 0.6) is 0 Å². The summed E-state index contributed by atoms with van der Waals surface area (Å²) in [5.74, 6) is 1.02. The van der Waals surface area contributed by atoms with E-state index in [-0.39, 0.29) is 0 Å². The Morgan fingerprint density at radius 1 is 1.53 bits per heavy atom. The van der Waals surface area contributed by atoms with Crippen LogP contribution in [0.15, 0.2) is 11.1 Å². The van der Waals surface area contributed by atoms with E-state index in [0.717, 1.165) is 25.0 Å². The van der Waals surface area contributed by atoms with Crippen LogP contribution in [0, 0.1) is 28.6 Å². The normalized spacial score (nSPS) is 17.9. The summed E-state index contributed by atoms with van der Waals surface area (Å²) in [7, 11) is 0. The van der Waals surface area contributed by atoms with Gasteiger partial charge in [0, 0.05) is 5.69 Å². The average Bonchev–Trinajstić information content (AvgIpc) is 2.35. The highest BCUT2D eigenvalue weighted by Gasteiger charge is 2.19. The van der Waals surface area contributed by atoms with Crippen molar-refractivity contribution in [3.63, 3.8) is 0 Å². The number of fused-ring (bicyclic) bond motifs is 1. The molecule has 1 heterocycles. The molecule has 1 aromatic heterocycles. The van der Waals surface area contributed by atoms with Crippen molar-refractivity contribution in [2.24, 2.45) is 5.92 Å². The lowest BCUT2D eigenvalue weighted by Crippen LogP contribution is -2.14. The van der Waals surface area contributed by atoms with Gasteiger partial charge in [0.2, 0.25) is 0 Å². The molecule has 1 aliphatic rings. The van der Waals surface area contributed by atoms with Crippen LogP contribution in [0.4, 0.5) is 0 Å². The van der Waals surface area contributed by atoms with E-state index >= 15 is 0 Å². The molecule has 0 N–H and O–H groups in total. The van der Waals surface area contributed by atoms with Gasteiger partial charge in [-0.1, -0.05) is 18.7 Å². The first-order chi connectivity index (χ1) is 8.24. The Balaban J connectivity index is 2.36. The van der Waals surface area contributed by atoms with Gasteiger partial charge in [-0.05, 0) is 36.8 Å². The van der Waals surface area contributed by atoms with Crippen molar-refractivity contribution in [2.75, 3.05) is 5.75 Å². The smallest absolute Gasteiger partial charge is 0.115 e. The van der Waals surface area contributed by atoms with Crippen LogP contribution in [0.1, 0.15) is 30.2 Å². The van der Waals surface area contributed by atoms with Crippen molar-refractivity contribution in [1.82, 2.24) is 4.98 Å². The molecule has 0 bridgehead atoms. The summed E-state index contributed by atoms with van der Waals surface area (Å²) in [6.07, 6.45) is 3.16. The third-order valence-electron chi connectivity index (χ3n) is 2.99. The van der Waals surface area contributed by atoms with Gasteiger partial charge < -0.3 is 0 Å². The Labute approximate surface area is 105 Å². The lowest BCUT2D eigenvalue weighted by atomic mass is 9.87. The van der Waals surface area contributed by atoms with E-state index in [2.05, 4.69) is 24.0 Å². The van der Waals surface area contributed by atoms with Gasteiger partial charge >= 0.3 is 0 Å². The predicted octanol–water partition coefficient (Wildman–Crippen LogP) is 2.69.